The molecular formula is C27H26N10. The number of nitrogens with zero attached hydrogens (tertiary/aromatic N) is 10. The van der Waals surface area contributed by atoms with Crippen LogP contribution < -0.4 is 4.90 Å². The fourth-order valence-electron chi connectivity index (χ4n) is 4.78. The molecule has 1 fully saturated rings. The minimum atomic E-state index is 0.534. The highest BCUT2D eigenvalue weighted by atomic mass is 15.3. The molecule has 0 saturated carbocycles. The highest BCUT2D eigenvalue weighted by Crippen LogP contribution is 2.32. The fourth-order valence-corrected chi connectivity index (χ4v) is 4.78. The minimum absolute atomic E-state index is 0.534. The Balaban J connectivity index is 1.23. The van der Waals surface area contributed by atoms with Gasteiger partial charge in [0.15, 0.2) is 0 Å². The normalized spacial score (nSPS) is 14.2. The van der Waals surface area contributed by atoms with E-state index >= 15 is 0 Å². The van der Waals surface area contributed by atoms with Gasteiger partial charge in [-0.3, -0.25) is 9.58 Å². The number of fused-ring (bicyclic) bond motifs is 1. The third-order valence-corrected chi connectivity index (χ3v) is 6.77. The van der Waals surface area contributed by atoms with Crippen molar-refractivity contribution < 1.29 is 0 Å². The summed E-state index contributed by atoms with van der Waals surface area (Å²) in [4.78, 5) is 18.2. The van der Waals surface area contributed by atoms with Gasteiger partial charge in [0, 0.05) is 98.6 Å². The molecule has 10 heteroatoms. The molecule has 0 spiro atoms. The van der Waals surface area contributed by atoms with E-state index < -0.39 is 0 Å². The van der Waals surface area contributed by atoms with E-state index in [0.717, 1.165) is 77.7 Å². The van der Waals surface area contributed by atoms with Crippen molar-refractivity contribution in [1.82, 2.24) is 39.2 Å². The van der Waals surface area contributed by atoms with E-state index in [1.807, 2.05) is 51.2 Å². The lowest BCUT2D eigenvalue weighted by atomic mass is 10.0. The Morgan fingerprint density at radius 3 is 2.35 bits per heavy atom. The average Bonchev–Trinajstić information content (AvgIpc) is 3.56. The standard InChI is InChI=1S/C27H26N10/c1-19-29-11-20(12-30-19)16-35-5-7-36(8-6-35)26-4-3-21(13-31-26)25-9-22(24-15-32-34(2)17-24)18-37-27(25)23(10-28)14-33-37/h3-4,9,11-15,17-18H,5-8,16H2,1-2H3. The number of hydrogen-bond acceptors (Lipinski definition) is 8. The molecule has 5 aromatic rings. The molecule has 0 aromatic carbocycles. The van der Waals surface area contributed by atoms with E-state index in [9.17, 15) is 5.26 Å². The van der Waals surface area contributed by atoms with Crippen molar-refractivity contribution in [2.45, 2.75) is 13.5 Å². The van der Waals surface area contributed by atoms with Crippen molar-refractivity contribution in [1.29, 1.82) is 5.26 Å². The second-order valence-corrected chi connectivity index (χ2v) is 9.32. The number of piperazine rings is 1. The summed E-state index contributed by atoms with van der Waals surface area (Å²) in [6.07, 6.45) is 13.0. The van der Waals surface area contributed by atoms with Gasteiger partial charge in [0.25, 0.3) is 0 Å². The Kier molecular flexibility index (Phi) is 5.82. The summed E-state index contributed by atoms with van der Waals surface area (Å²) < 4.78 is 3.54. The molecule has 0 atom stereocenters. The molecule has 10 nitrogen and oxygen atoms in total. The Hall–Kier alpha value is -4.62. The van der Waals surface area contributed by atoms with E-state index in [1.165, 1.54) is 0 Å². The Morgan fingerprint density at radius 1 is 0.865 bits per heavy atom. The van der Waals surface area contributed by atoms with Gasteiger partial charge in [-0.05, 0) is 25.1 Å². The summed E-state index contributed by atoms with van der Waals surface area (Å²) in [6.45, 7) is 6.47. The number of rotatable bonds is 5. The Morgan fingerprint density at radius 2 is 1.68 bits per heavy atom. The maximum atomic E-state index is 9.68. The van der Waals surface area contributed by atoms with Crippen molar-refractivity contribution in [3.8, 4) is 28.3 Å². The predicted molar refractivity (Wildman–Crippen MR) is 140 cm³/mol. The van der Waals surface area contributed by atoms with Gasteiger partial charge in [0.1, 0.15) is 17.7 Å². The minimum Gasteiger partial charge on any atom is -0.354 e. The zero-order chi connectivity index (χ0) is 25.4. The van der Waals surface area contributed by atoms with Crippen LogP contribution in [0.25, 0.3) is 27.8 Å². The molecular weight excluding hydrogens is 464 g/mol. The van der Waals surface area contributed by atoms with E-state index in [4.69, 9.17) is 4.98 Å². The number of nitriles is 1. The molecule has 1 saturated heterocycles. The monoisotopic (exact) mass is 490 g/mol. The Bertz CT molecular complexity index is 1580. The first-order valence-electron chi connectivity index (χ1n) is 12.2. The van der Waals surface area contributed by atoms with Crippen molar-refractivity contribution in [3.05, 3.63) is 78.5 Å². The van der Waals surface area contributed by atoms with Crippen LogP contribution in [-0.2, 0) is 13.6 Å². The summed E-state index contributed by atoms with van der Waals surface area (Å²) in [5.74, 6) is 1.75. The lowest BCUT2D eigenvalue weighted by molar-refractivity contribution is 0.249. The van der Waals surface area contributed by atoms with Crippen molar-refractivity contribution >= 4 is 11.3 Å². The lowest BCUT2D eigenvalue weighted by Crippen LogP contribution is -2.46. The Labute approximate surface area is 214 Å². The van der Waals surface area contributed by atoms with Crippen LogP contribution in [-0.4, -0.2) is 65.4 Å². The number of pyridine rings is 2. The van der Waals surface area contributed by atoms with Gasteiger partial charge in [-0.25, -0.2) is 19.5 Å². The maximum absolute atomic E-state index is 9.68. The second kappa shape index (κ2) is 9.44. The van der Waals surface area contributed by atoms with Crippen LogP contribution in [0, 0.1) is 18.3 Å². The first-order chi connectivity index (χ1) is 18.1. The maximum Gasteiger partial charge on any atom is 0.128 e. The molecule has 1 aliphatic heterocycles. The molecule has 37 heavy (non-hydrogen) atoms. The molecule has 5 aromatic heterocycles. The molecule has 0 bridgehead atoms. The highest BCUT2D eigenvalue weighted by Gasteiger charge is 2.19. The second-order valence-electron chi connectivity index (χ2n) is 9.32. The molecule has 0 radical (unpaired) electrons. The van der Waals surface area contributed by atoms with Crippen LogP contribution in [0.1, 0.15) is 17.0 Å². The smallest absolute Gasteiger partial charge is 0.128 e. The molecule has 0 amide bonds. The van der Waals surface area contributed by atoms with Crippen LogP contribution in [0.2, 0.25) is 0 Å². The summed E-state index contributed by atoms with van der Waals surface area (Å²) in [5.41, 5.74) is 6.26. The van der Waals surface area contributed by atoms with Gasteiger partial charge >= 0.3 is 0 Å². The fraction of sp³-hybridized carbons (Fsp3) is 0.259. The van der Waals surface area contributed by atoms with Crippen LogP contribution in [0.5, 0.6) is 0 Å². The van der Waals surface area contributed by atoms with E-state index in [0.29, 0.717) is 5.56 Å². The van der Waals surface area contributed by atoms with Gasteiger partial charge in [-0.1, -0.05) is 0 Å². The van der Waals surface area contributed by atoms with Gasteiger partial charge in [0.2, 0.25) is 0 Å². The topological polar surface area (TPSA) is 104 Å². The van der Waals surface area contributed by atoms with Crippen LogP contribution in [0.4, 0.5) is 5.82 Å². The third-order valence-electron chi connectivity index (χ3n) is 6.77. The van der Waals surface area contributed by atoms with Crippen molar-refractivity contribution in [2.75, 3.05) is 31.1 Å². The first-order valence-corrected chi connectivity index (χ1v) is 12.2. The highest BCUT2D eigenvalue weighted by molar-refractivity contribution is 5.87. The quantitative estimate of drug-likeness (QED) is 0.370. The van der Waals surface area contributed by atoms with Crippen LogP contribution in [0.3, 0.4) is 0 Å². The van der Waals surface area contributed by atoms with E-state index in [2.05, 4.69) is 54.2 Å². The summed E-state index contributed by atoms with van der Waals surface area (Å²) in [7, 11) is 1.89. The first kappa shape index (κ1) is 22.8. The summed E-state index contributed by atoms with van der Waals surface area (Å²) in [6, 6.07) is 8.49. The molecule has 0 unspecified atom stereocenters. The van der Waals surface area contributed by atoms with Gasteiger partial charge in [-0.2, -0.15) is 15.5 Å². The van der Waals surface area contributed by atoms with E-state index in [-0.39, 0.29) is 0 Å². The van der Waals surface area contributed by atoms with Gasteiger partial charge < -0.3 is 4.90 Å². The molecule has 0 N–H and O–H groups in total. The molecule has 6 rings (SSSR count). The van der Waals surface area contributed by atoms with Crippen molar-refractivity contribution in [3.63, 3.8) is 0 Å². The molecule has 184 valence electrons. The van der Waals surface area contributed by atoms with E-state index in [1.54, 1.807) is 15.4 Å². The largest absolute Gasteiger partial charge is 0.354 e. The lowest BCUT2D eigenvalue weighted by Gasteiger charge is -2.35. The SMILES string of the molecule is Cc1ncc(CN2CCN(c3ccc(-c4cc(-c5cnn(C)c5)cn5ncc(C#N)c45)cn3)CC2)cn1. The number of hydrogen-bond donors (Lipinski definition) is 0. The average molecular weight is 491 g/mol. The van der Waals surface area contributed by atoms with Gasteiger partial charge in [0.05, 0.1) is 23.5 Å². The number of aryl methyl sites for hydroxylation is 2. The third kappa shape index (κ3) is 4.52. The molecule has 6 heterocycles. The predicted octanol–water partition coefficient (Wildman–Crippen LogP) is 3.09. The number of aromatic nitrogens is 7. The molecule has 1 aliphatic rings. The molecule has 0 aliphatic carbocycles. The number of anilines is 1. The van der Waals surface area contributed by atoms with Crippen LogP contribution in [0.15, 0.2) is 61.6 Å². The summed E-state index contributed by atoms with van der Waals surface area (Å²) in [5, 5.41) is 18.4. The van der Waals surface area contributed by atoms with Gasteiger partial charge in [-0.15, -0.1) is 0 Å². The van der Waals surface area contributed by atoms with Crippen LogP contribution >= 0.6 is 0 Å². The van der Waals surface area contributed by atoms with Crippen molar-refractivity contribution in [2.24, 2.45) is 7.05 Å². The zero-order valence-corrected chi connectivity index (χ0v) is 20.8. The zero-order valence-electron chi connectivity index (χ0n) is 20.8. The summed E-state index contributed by atoms with van der Waals surface area (Å²) >= 11 is 0.